The number of hydrogen-bond acceptors (Lipinski definition) is 5. The van der Waals surface area contributed by atoms with E-state index < -0.39 is 5.54 Å². The minimum absolute atomic E-state index is 0.0562. The van der Waals surface area contributed by atoms with Gasteiger partial charge in [0.05, 0.1) is 43.2 Å². The number of amidine groups is 1. The molecule has 170 valence electrons. The average molecular weight is 437 g/mol. The zero-order valence-corrected chi connectivity index (χ0v) is 19.5. The Kier molecular flexibility index (Phi) is 5.75. The third kappa shape index (κ3) is 4.24. The van der Waals surface area contributed by atoms with Crippen LogP contribution in [-0.2, 0) is 0 Å². The molecular weight excluding hydrogens is 404 g/mol. The number of amides is 1. The van der Waals surface area contributed by atoms with Crippen molar-refractivity contribution in [1.82, 2.24) is 4.90 Å². The predicted molar refractivity (Wildman–Crippen MR) is 128 cm³/mol. The highest BCUT2D eigenvalue weighted by atomic mass is 16.5. The fraction of sp³-hybridized carbons (Fsp3) is 0.440. The Morgan fingerprint density at radius 2 is 1.84 bits per heavy atom. The molecule has 2 aromatic rings. The van der Waals surface area contributed by atoms with Crippen molar-refractivity contribution < 1.29 is 14.3 Å². The van der Waals surface area contributed by atoms with E-state index in [9.17, 15) is 4.79 Å². The number of hydrogen-bond donors (Lipinski definition) is 2. The molecule has 1 fully saturated rings. The monoisotopic (exact) mass is 436 g/mol. The first kappa shape index (κ1) is 22.0. The van der Waals surface area contributed by atoms with Gasteiger partial charge in [-0.2, -0.15) is 0 Å². The van der Waals surface area contributed by atoms with E-state index in [2.05, 4.69) is 37.5 Å². The standard InChI is InChI=1S/C25H32N4O3/c1-24(2,3)28-23-25(27-20-10-7-6-9-19(20)26-23)13-8-14-29(16-25)22(30)18-12-11-17(31-4)15-21(18)32-5/h6-7,9-12,15,27H,8,13-14,16H2,1-5H3,(H,26,28). The van der Waals surface area contributed by atoms with Crippen LogP contribution in [0.15, 0.2) is 47.5 Å². The number of fused-ring (bicyclic) bond motifs is 1. The summed E-state index contributed by atoms with van der Waals surface area (Å²) < 4.78 is 10.8. The molecule has 2 N–H and O–H groups in total. The zero-order valence-electron chi connectivity index (χ0n) is 19.5. The maximum absolute atomic E-state index is 13.6. The first-order valence-electron chi connectivity index (χ1n) is 11.0. The van der Waals surface area contributed by atoms with Crippen LogP contribution < -0.4 is 20.1 Å². The van der Waals surface area contributed by atoms with Crippen molar-refractivity contribution in [2.45, 2.75) is 44.7 Å². The lowest BCUT2D eigenvalue weighted by Crippen LogP contribution is -2.63. The van der Waals surface area contributed by atoms with Crippen LogP contribution in [0.25, 0.3) is 0 Å². The van der Waals surface area contributed by atoms with Gasteiger partial charge in [0, 0.05) is 12.6 Å². The van der Waals surface area contributed by atoms with Gasteiger partial charge in [0.1, 0.15) is 22.9 Å². The lowest BCUT2D eigenvalue weighted by Gasteiger charge is -2.48. The topological polar surface area (TPSA) is 75.2 Å². The maximum atomic E-state index is 13.6. The number of anilines is 2. The molecule has 2 aromatic carbocycles. The van der Waals surface area contributed by atoms with Gasteiger partial charge in [0.2, 0.25) is 0 Å². The van der Waals surface area contributed by atoms with Crippen LogP contribution in [0.2, 0.25) is 0 Å². The quantitative estimate of drug-likeness (QED) is 0.745. The van der Waals surface area contributed by atoms with Crippen LogP contribution in [0, 0.1) is 0 Å². The summed E-state index contributed by atoms with van der Waals surface area (Å²) in [6.45, 7) is 7.46. The molecule has 32 heavy (non-hydrogen) atoms. The minimum atomic E-state index is -0.477. The fourth-order valence-electron chi connectivity index (χ4n) is 4.41. The van der Waals surface area contributed by atoms with Crippen LogP contribution in [0.1, 0.15) is 44.0 Å². The molecule has 1 saturated heterocycles. The van der Waals surface area contributed by atoms with Gasteiger partial charge in [-0.3, -0.25) is 9.79 Å². The highest BCUT2D eigenvalue weighted by Crippen LogP contribution is 2.37. The number of piperidine rings is 1. The maximum Gasteiger partial charge on any atom is 0.257 e. The molecule has 0 radical (unpaired) electrons. The van der Waals surface area contributed by atoms with Crippen molar-refractivity contribution in [3.05, 3.63) is 48.0 Å². The van der Waals surface area contributed by atoms with Crippen LogP contribution in [0.4, 0.5) is 11.4 Å². The summed E-state index contributed by atoms with van der Waals surface area (Å²) in [6.07, 6.45) is 1.75. The Morgan fingerprint density at radius 3 is 2.53 bits per heavy atom. The number of nitrogens with zero attached hydrogens (tertiary/aromatic N) is 2. The molecule has 0 bridgehead atoms. The van der Waals surface area contributed by atoms with Crippen molar-refractivity contribution in [1.29, 1.82) is 0 Å². The third-order valence-electron chi connectivity index (χ3n) is 5.87. The normalized spacial score (nSPS) is 21.5. The summed E-state index contributed by atoms with van der Waals surface area (Å²) in [5, 5.41) is 7.29. The second-order valence-corrected chi connectivity index (χ2v) is 9.41. The fourth-order valence-corrected chi connectivity index (χ4v) is 4.41. The van der Waals surface area contributed by atoms with Gasteiger partial charge < -0.3 is 25.0 Å². The summed E-state index contributed by atoms with van der Waals surface area (Å²) in [4.78, 5) is 20.5. The molecular formula is C25H32N4O3. The van der Waals surface area contributed by atoms with Crippen molar-refractivity contribution in [3.8, 4) is 11.5 Å². The zero-order chi connectivity index (χ0) is 22.9. The number of likely N-dealkylation sites (tertiary alicyclic amines) is 1. The van der Waals surface area contributed by atoms with Crippen molar-refractivity contribution >= 4 is 23.1 Å². The molecule has 2 aliphatic rings. The Hall–Kier alpha value is -3.22. The van der Waals surface area contributed by atoms with Crippen LogP contribution in [0.5, 0.6) is 11.5 Å². The Morgan fingerprint density at radius 1 is 1.09 bits per heavy atom. The van der Waals surface area contributed by atoms with Crippen LogP contribution in [0.3, 0.4) is 0 Å². The molecule has 0 aromatic heterocycles. The van der Waals surface area contributed by atoms with Gasteiger partial charge in [-0.25, -0.2) is 0 Å². The van der Waals surface area contributed by atoms with Gasteiger partial charge in [-0.05, 0) is 57.9 Å². The number of ether oxygens (including phenoxy) is 2. The van der Waals surface area contributed by atoms with E-state index in [0.29, 0.717) is 30.2 Å². The highest BCUT2D eigenvalue weighted by molar-refractivity contribution is 6.10. The summed E-state index contributed by atoms with van der Waals surface area (Å²) in [6, 6.07) is 13.4. The molecule has 0 saturated carbocycles. The number of benzene rings is 2. The smallest absolute Gasteiger partial charge is 0.257 e. The summed E-state index contributed by atoms with van der Waals surface area (Å²) >= 11 is 0. The number of carbonyl (C=O) groups is 1. The van der Waals surface area contributed by atoms with Gasteiger partial charge in [0.15, 0.2) is 0 Å². The number of methoxy groups -OCH3 is 2. The Labute approximate surface area is 189 Å². The second kappa shape index (κ2) is 8.37. The third-order valence-corrected chi connectivity index (χ3v) is 5.87. The summed E-state index contributed by atoms with van der Waals surface area (Å²) in [5.41, 5.74) is 1.83. The summed E-state index contributed by atoms with van der Waals surface area (Å²) in [7, 11) is 3.17. The van der Waals surface area contributed by atoms with Gasteiger partial charge in [0.25, 0.3) is 5.91 Å². The lowest BCUT2D eigenvalue weighted by molar-refractivity contribution is 0.0691. The van der Waals surface area contributed by atoms with E-state index >= 15 is 0 Å². The number of carbonyl (C=O) groups excluding carboxylic acids is 1. The average Bonchev–Trinajstić information content (AvgIpc) is 2.78. The minimum Gasteiger partial charge on any atom is -0.497 e. The molecule has 1 spiro atoms. The second-order valence-electron chi connectivity index (χ2n) is 9.41. The first-order valence-corrected chi connectivity index (χ1v) is 11.0. The largest absolute Gasteiger partial charge is 0.497 e. The van der Waals surface area contributed by atoms with E-state index in [-0.39, 0.29) is 11.4 Å². The first-order chi connectivity index (χ1) is 15.2. The van der Waals surface area contributed by atoms with Gasteiger partial charge >= 0.3 is 0 Å². The molecule has 7 heteroatoms. The number of rotatable bonds is 3. The van der Waals surface area contributed by atoms with Crippen LogP contribution in [-0.4, -0.2) is 55.0 Å². The predicted octanol–water partition coefficient (Wildman–Crippen LogP) is 4.41. The Bertz CT molecular complexity index is 1040. The molecule has 1 atom stereocenters. The van der Waals surface area contributed by atoms with Crippen LogP contribution >= 0.6 is 0 Å². The van der Waals surface area contributed by atoms with E-state index in [4.69, 9.17) is 14.5 Å². The van der Waals surface area contributed by atoms with Crippen molar-refractivity contribution in [2.24, 2.45) is 4.99 Å². The van der Waals surface area contributed by atoms with E-state index in [1.165, 1.54) is 0 Å². The van der Waals surface area contributed by atoms with E-state index in [1.54, 1.807) is 32.4 Å². The van der Waals surface area contributed by atoms with Gasteiger partial charge in [-0.15, -0.1) is 0 Å². The van der Waals surface area contributed by atoms with E-state index in [0.717, 1.165) is 30.1 Å². The lowest BCUT2D eigenvalue weighted by atomic mass is 9.84. The highest BCUT2D eigenvalue weighted by Gasteiger charge is 2.45. The van der Waals surface area contributed by atoms with Crippen molar-refractivity contribution in [3.63, 3.8) is 0 Å². The van der Waals surface area contributed by atoms with Crippen molar-refractivity contribution in [2.75, 3.05) is 37.9 Å². The molecule has 4 rings (SSSR count). The number of nitrogens with one attached hydrogen (secondary N) is 2. The SMILES string of the molecule is COc1ccc(C(=O)N2CCCC3(C2)Nc2ccccc2NC3=NC(C)(C)C)c(OC)c1. The van der Waals surface area contributed by atoms with E-state index in [1.807, 2.05) is 23.1 Å². The van der Waals surface area contributed by atoms with Gasteiger partial charge in [-0.1, -0.05) is 12.1 Å². The number of para-hydroxylation sites is 2. The molecule has 2 aliphatic heterocycles. The summed E-state index contributed by atoms with van der Waals surface area (Å²) in [5.74, 6) is 1.99. The molecule has 0 aliphatic carbocycles. The number of aliphatic imine (C=N–C) groups is 1. The molecule has 7 nitrogen and oxygen atoms in total. The Balaban J connectivity index is 1.69. The molecule has 1 amide bonds. The molecule has 2 heterocycles. The molecule has 1 unspecified atom stereocenters.